The number of hydrogen-bond donors (Lipinski definition) is 1. The molecule has 2 bridgehead atoms. The summed E-state index contributed by atoms with van der Waals surface area (Å²) in [7, 11) is 0. The summed E-state index contributed by atoms with van der Waals surface area (Å²) in [6, 6.07) is 21.3. The summed E-state index contributed by atoms with van der Waals surface area (Å²) in [4.78, 5) is 0. The summed E-state index contributed by atoms with van der Waals surface area (Å²) >= 11 is 0. The van der Waals surface area contributed by atoms with Crippen molar-refractivity contribution in [1.29, 1.82) is 0 Å². The predicted molar refractivity (Wildman–Crippen MR) is 91.1 cm³/mol. The molecule has 112 valence electrons. The van der Waals surface area contributed by atoms with E-state index < -0.39 is 0 Å². The first-order valence-electron chi connectivity index (χ1n) is 8.16. The summed E-state index contributed by atoms with van der Waals surface area (Å²) in [5.74, 6) is 0.783. The molecule has 0 radical (unpaired) electrons. The van der Waals surface area contributed by atoms with Crippen LogP contribution < -0.4 is 0 Å². The van der Waals surface area contributed by atoms with Crippen LogP contribution in [0.15, 0.2) is 60.7 Å². The molecule has 2 aromatic rings. The van der Waals surface area contributed by atoms with Gasteiger partial charge in [0.05, 0.1) is 6.10 Å². The summed E-state index contributed by atoms with van der Waals surface area (Å²) in [6.07, 6.45) is 0.809. The number of allylic oxidation sites excluding steroid dienone is 1. The van der Waals surface area contributed by atoms with Crippen LogP contribution in [0, 0.1) is 17.3 Å². The van der Waals surface area contributed by atoms with Crippen LogP contribution in [0.3, 0.4) is 0 Å². The Morgan fingerprint density at radius 3 is 2.05 bits per heavy atom. The second kappa shape index (κ2) is 4.82. The molecule has 22 heavy (non-hydrogen) atoms. The lowest BCUT2D eigenvalue weighted by Crippen LogP contribution is -2.34. The minimum atomic E-state index is -0.250. The van der Waals surface area contributed by atoms with E-state index in [0.29, 0.717) is 11.8 Å². The van der Waals surface area contributed by atoms with E-state index in [2.05, 4.69) is 74.5 Å². The van der Waals surface area contributed by atoms with Crippen LogP contribution in [0.25, 0.3) is 11.1 Å². The summed E-state index contributed by atoms with van der Waals surface area (Å²) in [5, 5.41) is 10.8. The van der Waals surface area contributed by atoms with Gasteiger partial charge in [0.2, 0.25) is 0 Å². The number of fused-ring (bicyclic) bond motifs is 2. The molecule has 0 saturated heterocycles. The fourth-order valence-corrected chi connectivity index (χ4v) is 4.74. The minimum absolute atomic E-state index is 0.128. The van der Waals surface area contributed by atoms with E-state index >= 15 is 0 Å². The van der Waals surface area contributed by atoms with Crippen molar-refractivity contribution in [2.45, 2.75) is 26.4 Å². The number of aliphatic hydroxyl groups excluding tert-OH is 1. The zero-order valence-corrected chi connectivity index (χ0v) is 13.2. The van der Waals surface area contributed by atoms with Gasteiger partial charge in [0, 0.05) is 5.41 Å². The maximum Gasteiger partial charge on any atom is 0.0665 e. The van der Waals surface area contributed by atoms with Gasteiger partial charge in [-0.3, -0.25) is 0 Å². The predicted octanol–water partition coefficient (Wildman–Crippen LogP) is 4.63. The van der Waals surface area contributed by atoms with E-state index in [1.165, 1.54) is 22.3 Å². The molecule has 4 atom stereocenters. The first kappa shape index (κ1) is 13.8. The van der Waals surface area contributed by atoms with Crippen molar-refractivity contribution in [1.82, 2.24) is 0 Å². The largest absolute Gasteiger partial charge is 0.392 e. The van der Waals surface area contributed by atoms with Crippen molar-refractivity contribution in [3.05, 3.63) is 71.8 Å². The van der Waals surface area contributed by atoms with Gasteiger partial charge in [-0.2, -0.15) is 0 Å². The molecule has 2 aromatic carbocycles. The quantitative estimate of drug-likeness (QED) is 0.854. The monoisotopic (exact) mass is 290 g/mol. The van der Waals surface area contributed by atoms with Gasteiger partial charge in [-0.15, -0.1) is 0 Å². The number of rotatable bonds is 2. The van der Waals surface area contributed by atoms with Crippen LogP contribution in [0.5, 0.6) is 0 Å². The molecule has 1 N–H and O–H groups in total. The van der Waals surface area contributed by atoms with Gasteiger partial charge in [0.15, 0.2) is 0 Å². The van der Waals surface area contributed by atoms with Gasteiger partial charge in [0.1, 0.15) is 0 Å². The van der Waals surface area contributed by atoms with E-state index in [1.807, 2.05) is 0 Å². The zero-order chi connectivity index (χ0) is 15.3. The standard InChI is InChI=1S/C21H22O/c1-14-17-13-21(2,20(14)22)19(16-11-7-4-8-12-16)18(17)15-9-5-3-6-10-15/h3-12,14,17,20,22H,13H2,1-2H3/t14-,17-,20-,21-/m0/s1. The average Bonchev–Trinajstić information content (AvgIpc) is 2.99. The average molecular weight is 290 g/mol. The Kier molecular flexibility index (Phi) is 3.02. The zero-order valence-electron chi connectivity index (χ0n) is 13.2. The Bertz CT molecular complexity index is 716. The number of benzene rings is 2. The first-order valence-corrected chi connectivity index (χ1v) is 8.16. The molecule has 4 rings (SSSR count). The van der Waals surface area contributed by atoms with E-state index in [4.69, 9.17) is 0 Å². The van der Waals surface area contributed by atoms with Crippen molar-refractivity contribution in [3.8, 4) is 0 Å². The highest BCUT2D eigenvalue weighted by Gasteiger charge is 2.57. The van der Waals surface area contributed by atoms with Gasteiger partial charge in [-0.05, 0) is 40.5 Å². The highest BCUT2D eigenvalue weighted by atomic mass is 16.3. The maximum absolute atomic E-state index is 10.8. The lowest BCUT2D eigenvalue weighted by atomic mass is 9.71. The Balaban J connectivity index is 1.99. The lowest BCUT2D eigenvalue weighted by molar-refractivity contribution is 0.0683. The van der Waals surface area contributed by atoms with Crippen molar-refractivity contribution in [3.63, 3.8) is 0 Å². The summed E-state index contributed by atoms with van der Waals surface area (Å²) in [6.45, 7) is 4.44. The van der Waals surface area contributed by atoms with Gasteiger partial charge < -0.3 is 5.11 Å². The van der Waals surface area contributed by atoms with Crippen LogP contribution in [0.1, 0.15) is 31.4 Å². The third-order valence-corrected chi connectivity index (χ3v) is 5.79. The molecule has 1 fully saturated rings. The van der Waals surface area contributed by atoms with Crippen molar-refractivity contribution >= 4 is 11.1 Å². The summed E-state index contributed by atoms with van der Waals surface area (Å²) in [5.41, 5.74) is 5.25. The molecular weight excluding hydrogens is 268 g/mol. The molecule has 1 nitrogen and oxygen atoms in total. The molecule has 0 heterocycles. The smallest absolute Gasteiger partial charge is 0.0665 e. The van der Waals surface area contributed by atoms with Crippen LogP contribution >= 0.6 is 0 Å². The molecule has 0 aliphatic heterocycles. The number of aliphatic hydroxyl groups is 1. The molecule has 1 heteroatoms. The third kappa shape index (κ3) is 1.75. The Morgan fingerprint density at radius 1 is 0.909 bits per heavy atom. The van der Waals surface area contributed by atoms with E-state index in [-0.39, 0.29) is 11.5 Å². The fraction of sp³-hybridized carbons (Fsp3) is 0.333. The second-order valence-corrected chi connectivity index (χ2v) is 7.05. The SMILES string of the molecule is C[C@H]1[C@@H]2C[C@@](C)(C(c3ccccc3)=C2c2ccccc2)[C@H]1O. The first-order chi connectivity index (χ1) is 10.6. The highest BCUT2D eigenvalue weighted by Crippen LogP contribution is 2.65. The molecule has 0 spiro atoms. The lowest BCUT2D eigenvalue weighted by Gasteiger charge is -2.36. The Labute approximate surface area is 132 Å². The molecule has 0 aromatic heterocycles. The molecule has 0 amide bonds. The van der Waals surface area contributed by atoms with Gasteiger partial charge in [0.25, 0.3) is 0 Å². The molecular formula is C21H22O. The van der Waals surface area contributed by atoms with E-state index in [9.17, 15) is 5.11 Å². The molecule has 2 aliphatic rings. The summed E-state index contributed by atoms with van der Waals surface area (Å²) < 4.78 is 0. The fourth-order valence-electron chi connectivity index (χ4n) is 4.74. The van der Waals surface area contributed by atoms with Crippen molar-refractivity contribution in [2.24, 2.45) is 17.3 Å². The Morgan fingerprint density at radius 2 is 1.45 bits per heavy atom. The van der Waals surface area contributed by atoms with Gasteiger partial charge >= 0.3 is 0 Å². The molecule has 2 aliphatic carbocycles. The minimum Gasteiger partial charge on any atom is -0.392 e. The topological polar surface area (TPSA) is 20.2 Å². The second-order valence-electron chi connectivity index (χ2n) is 7.05. The third-order valence-electron chi connectivity index (χ3n) is 5.79. The Hall–Kier alpha value is -1.86. The van der Waals surface area contributed by atoms with Gasteiger partial charge in [-0.1, -0.05) is 74.5 Å². The normalized spacial score (nSPS) is 33.5. The maximum atomic E-state index is 10.8. The van der Waals surface area contributed by atoms with Crippen molar-refractivity contribution in [2.75, 3.05) is 0 Å². The van der Waals surface area contributed by atoms with E-state index in [0.717, 1.165) is 6.42 Å². The van der Waals surface area contributed by atoms with Gasteiger partial charge in [-0.25, -0.2) is 0 Å². The van der Waals surface area contributed by atoms with Crippen LogP contribution in [-0.2, 0) is 0 Å². The molecule has 1 saturated carbocycles. The number of hydrogen-bond acceptors (Lipinski definition) is 1. The van der Waals surface area contributed by atoms with Crippen LogP contribution in [0.2, 0.25) is 0 Å². The van der Waals surface area contributed by atoms with Crippen molar-refractivity contribution < 1.29 is 5.11 Å². The van der Waals surface area contributed by atoms with Crippen LogP contribution in [-0.4, -0.2) is 11.2 Å². The van der Waals surface area contributed by atoms with E-state index in [1.54, 1.807) is 0 Å². The molecule has 0 unspecified atom stereocenters. The van der Waals surface area contributed by atoms with Crippen LogP contribution in [0.4, 0.5) is 0 Å². The highest BCUT2D eigenvalue weighted by molar-refractivity contribution is 5.98.